The number of halogens is 1. The Morgan fingerprint density at radius 3 is 2.62 bits per heavy atom. The first-order valence-electron chi connectivity index (χ1n) is 4.83. The largest absolute Gasteiger partial charge is 0.300 e. The number of hydrogen-bond donors (Lipinski definition) is 0. The van der Waals surface area contributed by atoms with Crippen LogP contribution in [0, 0.1) is 5.82 Å². The van der Waals surface area contributed by atoms with Gasteiger partial charge in [-0.2, -0.15) is 0 Å². The lowest BCUT2D eigenvalue weighted by Gasteiger charge is -2.03. The molecule has 88 valence electrons. The first-order chi connectivity index (χ1) is 7.39. The topological polar surface area (TPSA) is 51.2 Å². The molecule has 0 fully saturated rings. The van der Waals surface area contributed by atoms with Gasteiger partial charge in [-0.1, -0.05) is 12.1 Å². The van der Waals surface area contributed by atoms with Gasteiger partial charge in [-0.15, -0.1) is 0 Å². The van der Waals surface area contributed by atoms with Gasteiger partial charge in [-0.25, -0.2) is 12.8 Å². The molecule has 0 heterocycles. The molecule has 0 aliphatic rings. The third-order valence-corrected chi connectivity index (χ3v) is 3.64. The van der Waals surface area contributed by atoms with Crippen LogP contribution in [0.15, 0.2) is 24.3 Å². The molecule has 0 amide bonds. The summed E-state index contributed by atoms with van der Waals surface area (Å²) < 4.78 is 35.9. The number of Topliss-reactive ketones (excluding diaryl/α,β-unsaturated/α-hetero) is 1. The lowest BCUT2D eigenvalue weighted by atomic mass is 10.2. The predicted octanol–water partition coefficient (Wildman–Crippen LogP) is 1.72. The highest BCUT2D eigenvalue weighted by molar-refractivity contribution is 7.90. The van der Waals surface area contributed by atoms with E-state index >= 15 is 0 Å². The Morgan fingerprint density at radius 1 is 1.38 bits per heavy atom. The third-order valence-electron chi connectivity index (χ3n) is 2.04. The second-order valence-corrected chi connectivity index (χ2v) is 5.86. The predicted molar refractivity (Wildman–Crippen MR) is 59.2 cm³/mol. The Hall–Kier alpha value is -1.23. The minimum absolute atomic E-state index is 0.0116. The van der Waals surface area contributed by atoms with Crippen molar-refractivity contribution in [2.75, 3.05) is 5.75 Å². The molecule has 0 saturated heterocycles. The van der Waals surface area contributed by atoms with Crippen LogP contribution in [-0.4, -0.2) is 20.0 Å². The lowest BCUT2D eigenvalue weighted by Crippen LogP contribution is -2.12. The van der Waals surface area contributed by atoms with Crippen LogP contribution in [0.5, 0.6) is 0 Å². The molecule has 16 heavy (non-hydrogen) atoms. The summed E-state index contributed by atoms with van der Waals surface area (Å²) in [5.41, 5.74) is 0.406. The highest BCUT2D eigenvalue weighted by Crippen LogP contribution is 2.09. The molecular weight excluding hydrogens is 231 g/mol. The van der Waals surface area contributed by atoms with Crippen molar-refractivity contribution < 1.29 is 17.6 Å². The minimum Gasteiger partial charge on any atom is -0.300 e. The Bertz CT molecular complexity index is 480. The zero-order chi connectivity index (χ0) is 12.2. The smallest absolute Gasteiger partial charge is 0.154 e. The molecule has 1 aromatic rings. The van der Waals surface area contributed by atoms with E-state index in [1.165, 1.54) is 25.1 Å². The fraction of sp³-hybridized carbons (Fsp3) is 0.364. The molecule has 0 aliphatic heterocycles. The third kappa shape index (κ3) is 4.53. The zero-order valence-electron chi connectivity index (χ0n) is 8.94. The molecule has 0 bridgehead atoms. The van der Waals surface area contributed by atoms with Crippen molar-refractivity contribution in [1.82, 2.24) is 0 Å². The van der Waals surface area contributed by atoms with E-state index < -0.39 is 15.7 Å². The Kier molecular flexibility index (Phi) is 4.18. The number of carbonyl (C=O) groups is 1. The molecule has 3 nitrogen and oxygen atoms in total. The van der Waals surface area contributed by atoms with E-state index in [-0.39, 0.29) is 23.7 Å². The molecule has 1 aromatic carbocycles. The van der Waals surface area contributed by atoms with Crippen molar-refractivity contribution in [3.63, 3.8) is 0 Å². The van der Waals surface area contributed by atoms with Gasteiger partial charge in [-0.3, -0.25) is 4.79 Å². The summed E-state index contributed by atoms with van der Waals surface area (Å²) in [6.45, 7) is 1.34. The molecule has 1 rings (SSSR count). The summed E-state index contributed by atoms with van der Waals surface area (Å²) in [7, 11) is -3.33. The van der Waals surface area contributed by atoms with Crippen molar-refractivity contribution in [3.05, 3.63) is 35.6 Å². The van der Waals surface area contributed by atoms with Gasteiger partial charge in [0.1, 0.15) is 11.6 Å². The molecule has 0 N–H and O–H groups in total. The lowest BCUT2D eigenvalue weighted by molar-refractivity contribution is -0.116. The van der Waals surface area contributed by atoms with Gasteiger partial charge in [0.05, 0.1) is 11.5 Å². The van der Waals surface area contributed by atoms with E-state index in [1.807, 2.05) is 0 Å². The molecule has 0 aliphatic carbocycles. The highest BCUT2D eigenvalue weighted by atomic mass is 32.2. The number of ketones is 1. The molecule has 0 saturated carbocycles. The van der Waals surface area contributed by atoms with Crippen LogP contribution in [0.25, 0.3) is 0 Å². The van der Waals surface area contributed by atoms with E-state index in [0.29, 0.717) is 5.56 Å². The van der Waals surface area contributed by atoms with Crippen molar-refractivity contribution in [3.8, 4) is 0 Å². The van der Waals surface area contributed by atoms with Crippen LogP contribution >= 0.6 is 0 Å². The number of sulfone groups is 1. The maximum Gasteiger partial charge on any atom is 0.154 e. The molecule has 0 unspecified atom stereocenters. The minimum atomic E-state index is -3.33. The zero-order valence-corrected chi connectivity index (χ0v) is 9.76. The number of carbonyl (C=O) groups excluding carboxylic acids is 1. The van der Waals surface area contributed by atoms with Gasteiger partial charge in [0, 0.05) is 6.42 Å². The fourth-order valence-corrected chi connectivity index (χ4v) is 2.68. The first-order valence-corrected chi connectivity index (χ1v) is 6.65. The first kappa shape index (κ1) is 12.8. The van der Waals surface area contributed by atoms with Crippen molar-refractivity contribution in [2.45, 2.75) is 19.1 Å². The molecule has 0 spiro atoms. The maximum atomic E-state index is 12.8. The summed E-state index contributed by atoms with van der Waals surface area (Å²) in [4.78, 5) is 10.7. The molecule has 0 radical (unpaired) electrons. The van der Waals surface area contributed by atoms with E-state index in [4.69, 9.17) is 0 Å². The summed E-state index contributed by atoms with van der Waals surface area (Å²) in [6.07, 6.45) is 0.0116. The van der Waals surface area contributed by atoms with Crippen molar-refractivity contribution in [2.24, 2.45) is 0 Å². The van der Waals surface area contributed by atoms with Gasteiger partial charge in [-0.05, 0) is 24.6 Å². The fourth-order valence-electron chi connectivity index (χ4n) is 1.25. The summed E-state index contributed by atoms with van der Waals surface area (Å²) >= 11 is 0. The quantitative estimate of drug-likeness (QED) is 0.792. The Morgan fingerprint density at radius 2 is 2.06 bits per heavy atom. The average molecular weight is 244 g/mol. The van der Waals surface area contributed by atoms with Crippen LogP contribution < -0.4 is 0 Å². The molecule has 5 heteroatoms. The number of benzene rings is 1. The van der Waals surface area contributed by atoms with E-state index in [2.05, 4.69) is 0 Å². The van der Waals surface area contributed by atoms with Gasteiger partial charge in [0.15, 0.2) is 9.84 Å². The van der Waals surface area contributed by atoms with Crippen LogP contribution in [0.4, 0.5) is 4.39 Å². The van der Waals surface area contributed by atoms with Crippen LogP contribution in [0.1, 0.15) is 18.9 Å². The SMILES string of the molecule is CC(=O)CCS(=O)(=O)Cc1cccc(F)c1. The van der Waals surface area contributed by atoms with Gasteiger partial charge < -0.3 is 0 Å². The van der Waals surface area contributed by atoms with E-state index in [9.17, 15) is 17.6 Å². The summed E-state index contributed by atoms with van der Waals surface area (Å²) in [6, 6.07) is 5.45. The Labute approximate surface area is 94.2 Å². The van der Waals surface area contributed by atoms with Gasteiger partial charge in [0.2, 0.25) is 0 Å². The van der Waals surface area contributed by atoms with Crippen molar-refractivity contribution >= 4 is 15.6 Å². The second kappa shape index (κ2) is 5.21. The maximum absolute atomic E-state index is 12.8. The van der Waals surface area contributed by atoms with Crippen LogP contribution in [0.3, 0.4) is 0 Å². The summed E-state index contributed by atoms with van der Waals surface area (Å²) in [5.74, 6) is -1.03. The van der Waals surface area contributed by atoms with Gasteiger partial charge >= 0.3 is 0 Å². The highest BCUT2D eigenvalue weighted by Gasteiger charge is 2.13. The standard InChI is InChI=1S/C11H13FO3S/c1-9(13)5-6-16(14,15)8-10-3-2-4-11(12)7-10/h2-4,7H,5-6,8H2,1H3. The Balaban J connectivity index is 2.69. The normalized spacial score (nSPS) is 11.4. The van der Waals surface area contributed by atoms with Gasteiger partial charge in [0.25, 0.3) is 0 Å². The van der Waals surface area contributed by atoms with Crippen LogP contribution in [0.2, 0.25) is 0 Å². The van der Waals surface area contributed by atoms with E-state index in [1.54, 1.807) is 6.07 Å². The van der Waals surface area contributed by atoms with Crippen molar-refractivity contribution in [1.29, 1.82) is 0 Å². The van der Waals surface area contributed by atoms with E-state index in [0.717, 1.165) is 0 Å². The monoisotopic (exact) mass is 244 g/mol. The molecule has 0 atom stereocenters. The number of rotatable bonds is 5. The average Bonchev–Trinajstić information content (AvgIpc) is 2.14. The summed E-state index contributed by atoms with van der Waals surface area (Å²) in [5, 5.41) is 0. The van der Waals surface area contributed by atoms with Crippen LogP contribution in [-0.2, 0) is 20.4 Å². The second-order valence-electron chi connectivity index (χ2n) is 3.67. The number of hydrogen-bond acceptors (Lipinski definition) is 3. The molecular formula is C11H13FO3S. The molecule has 0 aromatic heterocycles.